The summed E-state index contributed by atoms with van der Waals surface area (Å²) in [6.45, 7) is 0.470. The fourth-order valence-electron chi connectivity index (χ4n) is 2.31. The number of carbonyl (C=O) groups is 1. The van der Waals surface area contributed by atoms with E-state index in [-0.39, 0.29) is 5.57 Å². The summed E-state index contributed by atoms with van der Waals surface area (Å²) in [4.78, 5) is 11.0. The van der Waals surface area contributed by atoms with Crippen LogP contribution in [0.15, 0.2) is 41.7 Å². The second-order valence-electron chi connectivity index (χ2n) is 4.64. The maximum Gasteiger partial charge on any atom is 0.325 e. The van der Waals surface area contributed by atoms with Crippen molar-refractivity contribution < 1.29 is 14.3 Å². The van der Waals surface area contributed by atoms with Crippen LogP contribution in [0, 0.1) is 0 Å². The van der Waals surface area contributed by atoms with Crippen LogP contribution in [0.5, 0.6) is 0 Å². The number of nitrogens with two attached hydrogens (primary N) is 1. The number of halogens is 1. The third-order valence-electron chi connectivity index (χ3n) is 3.27. The standard InChI is InChI=1S/C14H17FN2O2/c15-12(10-6-7-17-13(10)14(18)19)11(16)8-9-4-2-1-3-5-9/h1-5,11,13,17H,6-8,16H2,(H,18,19). The molecule has 1 aliphatic heterocycles. The molecule has 1 aromatic carbocycles. The molecule has 2 atom stereocenters. The molecular weight excluding hydrogens is 247 g/mol. The molecule has 4 nitrogen and oxygen atoms in total. The highest BCUT2D eigenvalue weighted by atomic mass is 19.1. The first-order chi connectivity index (χ1) is 9.09. The predicted molar refractivity (Wildman–Crippen MR) is 70.3 cm³/mol. The fourth-order valence-corrected chi connectivity index (χ4v) is 2.31. The van der Waals surface area contributed by atoms with Crippen LogP contribution in [0.1, 0.15) is 12.0 Å². The monoisotopic (exact) mass is 264 g/mol. The maximum atomic E-state index is 14.2. The zero-order valence-corrected chi connectivity index (χ0v) is 10.5. The molecule has 1 saturated heterocycles. The maximum absolute atomic E-state index is 14.2. The van der Waals surface area contributed by atoms with Crippen LogP contribution in [-0.4, -0.2) is 29.7 Å². The van der Waals surface area contributed by atoms with E-state index < -0.39 is 23.9 Å². The van der Waals surface area contributed by atoms with Gasteiger partial charge in [0.2, 0.25) is 0 Å². The van der Waals surface area contributed by atoms with Crippen LogP contribution in [0.4, 0.5) is 4.39 Å². The molecule has 5 heteroatoms. The van der Waals surface area contributed by atoms with Crippen molar-refractivity contribution in [3.05, 3.63) is 47.3 Å². The molecule has 0 aliphatic carbocycles. The summed E-state index contributed by atoms with van der Waals surface area (Å²) in [5.41, 5.74) is 7.05. The lowest BCUT2D eigenvalue weighted by atomic mass is 9.99. The van der Waals surface area contributed by atoms with Gasteiger partial charge >= 0.3 is 5.97 Å². The fraction of sp³-hybridized carbons (Fsp3) is 0.357. The van der Waals surface area contributed by atoms with Crippen molar-refractivity contribution >= 4 is 5.97 Å². The molecule has 1 heterocycles. The highest BCUT2D eigenvalue weighted by Crippen LogP contribution is 2.23. The number of carboxylic acids is 1. The number of nitrogens with one attached hydrogen (secondary N) is 1. The van der Waals surface area contributed by atoms with E-state index in [0.717, 1.165) is 5.56 Å². The topological polar surface area (TPSA) is 75.3 Å². The summed E-state index contributed by atoms with van der Waals surface area (Å²) >= 11 is 0. The molecule has 2 unspecified atom stereocenters. The van der Waals surface area contributed by atoms with E-state index in [1.54, 1.807) is 0 Å². The first-order valence-corrected chi connectivity index (χ1v) is 6.23. The van der Waals surface area contributed by atoms with Crippen molar-refractivity contribution in [1.82, 2.24) is 5.32 Å². The molecule has 0 aromatic heterocycles. The zero-order chi connectivity index (χ0) is 13.8. The van der Waals surface area contributed by atoms with Gasteiger partial charge in [0.25, 0.3) is 0 Å². The molecule has 2 rings (SSSR count). The van der Waals surface area contributed by atoms with Gasteiger partial charge in [0, 0.05) is 6.54 Å². The van der Waals surface area contributed by atoms with Crippen molar-refractivity contribution in [3.63, 3.8) is 0 Å². The summed E-state index contributed by atoms with van der Waals surface area (Å²) in [7, 11) is 0. The van der Waals surface area contributed by atoms with Gasteiger partial charge in [-0.1, -0.05) is 30.3 Å². The van der Waals surface area contributed by atoms with Crippen LogP contribution >= 0.6 is 0 Å². The minimum atomic E-state index is -1.06. The predicted octanol–water partition coefficient (Wildman–Crippen LogP) is 1.23. The van der Waals surface area contributed by atoms with E-state index in [9.17, 15) is 9.18 Å². The lowest BCUT2D eigenvalue weighted by Crippen LogP contribution is -2.34. The van der Waals surface area contributed by atoms with Crippen molar-refractivity contribution in [2.75, 3.05) is 6.54 Å². The Morgan fingerprint density at radius 3 is 2.79 bits per heavy atom. The van der Waals surface area contributed by atoms with E-state index in [1.165, 1.54) is 0 Å². The Morgan fingerprint density at radius 1 is 1.47 bits per heavy atom. The number of hydrogen-bond donors (Lipinski definition) is 3. The molecule has 19 heavy (non-hydrogen) atoms. The van der Waals surface area contributed by atoms with Gasteiger partial charge in [-0.2, -0.15) is 0 Å². The lowest BCUT2D eigenvalue weighted by molar-refractivity contribution is -0.138. The number of benzene rings is 1. The Hall–Kier alpha value is -1.72. The summed E-state index contributed by atoms with van der Waals surface area (Å²) in [5.74, 6) is -1.56. The summed E-state index contributed by atoms with van der Waals surface area (Å²) in [6.07, 6.45) is 0.758. The van der Waals surface area contributed by atoms with Gasteiger partial charge in [-0.15, -0.1) is 0 Å². The second-order valence-corrected chi connectivity index (χ2v) is 4.64. The quantitative estimate of drug-likeness (QED) is 0.764. The number of carboxylic acid groups (broad SMARTS) is 1. The summed E-state index contributed by atoms with van der Waals surface area (Å²) in [6, 6.07) is 7.62. The number of aliphatic carboxylic acids is 1. The van der Waals surface area contributed by atoms with Gasteiger partial charge < -0.3 is 16.2 Å². The van der Waals surface area contributed by atoms with Gasteiger partial charge in [-0.25, -0.2) is 4.39 Å². The molecule has 0 radical (unpaired) electrons. The number of hydrogen-bond acceptors (Lipinski definition) is 3. The van der Waals surface area contributed by atoms with Gasteiger partial charge in [0.15, 0.2) is 0 Å². The average molecular weight is 264 g/mol. The molecule has 0 amide bonds. The van der Waals surface area contributed by atoms with Crippen LogP contribution < -0.4 is 11.1 Å². The van der Waals surface area contributed by atoms with Crippen LogP contribution in [0.2, 0.25) is 0 Å². The largest absolute Gasteiger partial charge is 0.480 e. The van der Waals surface area contributed by atoms with Gasteiger partial charge in [-0.3, -0.25) is 4.79 Å². The molecule has 1 fully saturated rings. The lowest BCUT2D eigenvalue weighted by Gasteiger charge is -2.14. The van der Waals surface area contributed by atoms with E-state index in [4.69, 9.17) is 10.8 Å². The first-order valence-electron chi connectivity index (χ1n) is 6.23. The van der Waals surface area contributed by atoms with Crippen molar-refractivity contribution in [3.8, 4) is 0 Å². The molecule has 4 N–H and O–H groups in total. The third-order valence-corrected chi connectivity index (χ3v) is 3.27. The number of rotatable bonds is 4. The highest BCUT2D eigenvalue weighted by Gasteiger charge is 2.31. The Bertz CT molecular complexity index is 487. The van der Waals surface area contributed by atoms with Crippen molar-refractivity contribution in [1.29, 1.82) is 0 Å². The third kappa shape index (κ3) is 3.19. The Labute approximate surface area is 111 Å². The Kier molecular flexibility index (Phi) is 4.29. The first kappa shape index (κ1) is 13.7. The van der Waals surface area contributed by atoms with E-state index in [2.05, 4.69) is 5.32 Å². The summed E-state index contributed by atoms with van der Waals surface area (Å²) in [5, 5.41) is 11.8. The molecule has 0 bridgehead atoms. The van der Waals surface area contributed by atoms with Crippen molar-refractivity contribution in [2.45, 2.75) is 24.9 Å². The van der Waals surface area contributed by atoms with Crippen LogP contribution in [0.3, 0.4) is 0 Å². The summed E-state index contributed by atoms with van der Waals surface area (Å²) < 4.78 is 14.2. The van der Waals surface area contributed by atoms with Gasteiger partial charge in [-0.05, 0) is 24.0 Å². The average Bonchev–Trinajstić information content (AvgIpc) is 2.88. The van der Waals surface area contributed by atoms with E-state index in [0.29, 0.717) is 19.4 Å². The Balaban J connectivity index is 2.14. The van der Waals surface area contributed by atoms with E-state index >= 15 is 0 Å². The smallest absolute Gasteiger partial charge is 0.325 e. The van der Waals surface area contributed by atoms with Gasteiger partial charge in [0.1, 0.15) is 11.9 Å². The normalized spacial score (nSPS) is 23.2. The molecule has 102 valence electrons. The minimum Gasteiger partial charge on any atom is -0.480 e. The zero-order valence-electron chi connectivity index (χ0n) is 10.5. The molecule has 0 spiro atoms. The minimum absolute atomic E-state index is 0.274. The van der Waals surface area contributed by atoms with Gasteiger partial charge in [0.05, 0.1) is 6.04 Å². The van der Waals surface area contributed by atoms with Crippen LogP contribution in [0.25, 0.3) is 0 Å². The SMILES string of the molecule is NC(Cc1ccccc1)C(F)=C1CCNC1C(=O)O. The van der Waals surface area contributed by atoms with E-state index in [1.807, 2.05) is 30.3 Å². The second kappa shape index (κ2) is 5.95. The molecule has 1 aliphatic rings. The molecule has 1 aromatic rings. The highest BCUT2D eigenvalue weighted by molar-refractivity contribution is 5.78. The molecular formula is C14H17FN2O2. The molecule has 0 saturated carbocycles. The Morgan fingerprint density at radius 2 is 2.16 bits per heavy atom. The van der Waals surface area contributed by atoms with Crippen LogP contribution in [-0.2, 0) is 11.2 Å². The van der Waals surface area contributed by atoms with Crippen molar-refractivity contribution in [2.24, 2.45) is 5.73 Å².